The van der Waals surface area contributed by atoms with Crippen molar-refractivity contribution < 1.29 is 13.6 Å². The number of rotatable bonds is 5. The molecule has 2 aromatic rings. The largest absolute Gasteiger partial charge is 0.347 e. The van der Waals surface area contributed by atoms with Crippen molar-refractivity contribution in [3.63, 3.8) is 0 Å². The van der Waals surface area contributed by atoms with E-state index in [9.17, 15) is 13.6 Å². The van der Waals surface area contributed by atoms with E-state index in [1.54, 1.807) is 19.3 Å². The Balaban J connectivity index is 1.84. The molecule has 0 radical (unpaired) electrons. The quantitative estimate of drug-likeness (QED) is 0.834. The number of H-pyrrole nitrogens is 1. The van der Waals surface area contributed by atoms with Crippen LogP contribution in [0.25, 0.3) is 0 Å². The minimum absolute atomic E-state index is 0.121. The summed E-state index contributed by atoms with van der Waals surface area (Å²) in [5, 5.41) is 2.76. The zero-order chi connectivity index (χ0) is 14.5. The van der Waals surface area contributed by atoms with E-state index in [1.165, 1.54) is 6.07 Å². The number of nitrogens with zero attached hydrogens (tertiary/aromatic N) is 1. The predicted molar refractivity (Wildman–Crippen MR) is 72.2 cm³/mol. The van der Waals surface area contributed by atoms with Gasteiger partial charge in [-0.15, -0.1) is 11.8 Å². The number of halogens is 2. The molecule has 4 nitrogen and oxygen atoms in total. The van der Waals surface area contributed by atoms with Crippen LogP contribution in [0.4, 0.5) is 8.78 Å². The van der Waals surface area contributed by atoms with Gasteiger partial charge in [0.15, 0.2) is 11.6 Å². The summed E-state index contributed by atoms with van der Waals surface area (Å²) in [6.07, 6.45) is 3.28. The molecular weight excluding hydrogens is 284 g/mol. The van der Waals surface area contributed by atoms with Crippen molar-refractivity contribution in [3.8, 4) is 0 Å². The van der Waals surface area contributed by atoms with Crippen LogP contribution in [-0.2, 0) is 4.79 Å². The highest BCUT2D eigenvalue weighted by Crippen LogP contribution is 2.20. The Kier molecular flexibility index (Phi) is 4.73. The molecular formula is C13H13F2N3OS. The number of hydrogen-bond acceptors (Lipinski definition) is 3. The highest BCUT2D eigenvalue weighted by atomic mass is 32.2. The van der Waals surface area contributed by atoms with E-state index in [0.29, 0.717) is 10.7 Å². The Labute approximate surface area is 119 Å². The number of amides is 1. The first kappa shape index (κ1) is 14.5. The lowest BCUT2D eigenvalue weighted by atomic mass is 10.3. The fourth-order valence-corrected chi connectivity index (χ4v) is 2.31. The van der Waals surface area contributed by atoms with Crippen molar-refractivity contribution in [1.29, 1.82) is 0 Å². The fraction of sp³-hybridized carbons (Fsp3) is 0.231. The van der Waals surface area contributed by atoms with Crippen molar-refractivity contribution in [3.05, 3.63) is 48.1 Å². The first-order chi connectivity index (χ1) is 9.56. The summed E-state index contributed by atoms with van der Waals surface area (Å²) in [6, 6.07) is 3.32. The van der Waals surface area contributed by atoms with Crippen LogP contribution < -0.4 is 5.32 Å². The van der Waals surface area contributed by atoms with Gasteiger partial charge in [0.25, 0.3) is 0 Å². The Morgan fingerprint density at radius 3 is 2.90 bits per heavy atom. The van der Waals surface area contributed by atoms with Crippen LogP contribution in [0.3, 0.4) is 0 Å². The van der Waals surface area contributed by atoms with E-state index in [4.69, 9.17) is 0 Å². The van der Waals surface area contributed by atoms with Gasteiger partial charge in [0, 0.05) is 17.3 Å². The van der Waals surface area contributed by atoms with Crippen molar-refractivity contribution in [2.24, 2.45) is 0 Å². The van der Waals surface area contributed by atoms with Crippen LogP contribution in [0.5, 0.6) is 0 Å². The molecule has 7 heteroatoms. The molecule has 0 aliphatic carbocycles. The zero-order valence-electron chi connectivity index (χ0n) is 10.7. The van der Waals surface area contributed by atoms with Crippen molar-refractivity contribution >= 4 is 17.7 Å². The van der Waals surface area contributed by atoms with Gasteiger partial charge in [0.05, 0.1) is 11.8 Å². The number of benzene rings is 1. The van der Waals surface area contributed by atoms with E-state index in [2.05, 4.69) is 15.3 Å². The molecule has 0 spiro atoms. The second-order valence-electron chi connectivity index (χ2n) is 4.13. The number of aromatic nitrogens is 2. The number of carbonyl (C=O) groups is 1. The maximum atomic E-state index is 13.0. The highest BCUT2D eigenvalue weighted by Gasteiger charge is 2.12. The second kappa shape index (κ2) is 6.51. The molecule has 0 aliphatic rings. The molecule has 1 atom stereocenters. The molecule has 0 saturated heterocycles. The molecule has 0 bridgehead atoms. The van der Waals surface area contributed by atoms with E-state index in [1.807, 2.05) is 0 Å². The Bertz CT molecular complexity index is 589. The Morgan fingerprint density at radius 1 is 1.45 bits per heavy atom. The Morgan fingerprint density at radius 2 is 2.25 bits per heavy atom. The summed E-state index contributed by atoms with van der Waals surface area (Å²) >= 11 is 1.14. The minimum atomic E-state index is -0.917. The van der Waals surface area contributed by atoms with Crippen molar-refractivity contribution in [1.82, 2.24) is 15.3 Å². The average Bonchev–Trinajstić information content (AvgIpc) is 2.94. The zero-order valence-corrected chi connectivity index (χ0v) is 11.5. The lowest BCUT2D eigenvalue weighted by Gasteiger charge is -2.11. The molecule has 0 fully saturated rings. The van der Waals surface area contributed by atoms with Gasteiger partial charge in [-0.1, -0.05) is 0 Å². The minimum Gasteiger partial charge on any atom is -0.347 e. The smallest absolute Gasteiger partial charge is 0.230 e. The number of imidazole rings is 1. The van der Waals surface area contributed by atoms with Gasteiger partial charge in [0.1, 0.15) is 5.82 Å². The third kappa shape index (κ3) is 3.80. The maximum Gasteiger partial charge on any atom is 0.230 e. The molecule has 1 heterocycles. The normalized spacial score (nSPS) is 12.2. The molecule has 0 aliphatic heterocycles. The van der Waals surface area contributed by atoms with Gasteiger partial charge in [-0.3, -0.25) is 4.79 Å². The lowest BCUT2D eigenvalue weighted by molar-refractivity contribution is -0.119. The van der Waals surface area contributed by atoms with Gasteiger partial charge in [0.2, 0.25) is 5.91 Å². The van der Waals surface area contributed by atoms with Gasteiger partial charge in [-0.2, -0.15) is 0 Å². The van der Waals surface area contributed by atoms with E-state index < -0.39 is 11.6 Å². The number of hydrogen-bond donors (Lipinski definition) is 2. The fourth-order valence-electron chi connectivity index (χ4n) is 1.58. The average molecular weight is 297 g/mol. The molecule has 1 unspecified atom stereocenters. The summed E-state index contributed by atoms with van der Waals surface area (Å²) in [5.41, 5.74) is 0. The summed E-state index contributed by atoms with van der Waals surface area (Å²) in [7, 11) is 0. The molecule has 2 N–H and O–H groups in total. The lowest BCUT2D eigenvalue weighted by Crippen LogP contribution is -2.28. The first-order valence-electron chi connectivity index (χ1n) is 5.92. The summed E-state index contributed by atoms with van der Waals surface area (Å²) in [5.74, 6) is -1.24. The number of nitrogens with one attached hydrogen (secondary N) is 2. The summed E-state index contributed by atoms with van der Waals surface area (Å²) < 4.78 is 25.8. The highest BCUT2D eigenvalue weighted by molar-refractivity contribution is 8.00. The van der Waals surface area contributed by atoms with Crippen molar-refractivity contribution in [2.45, 2.75) is 17.9 Å². The molecule has 1 aromatic heterocycles. The van der Waals surface area contributed by atoms with E-state index >= 15 is 0 Å². The third-order valence-corrected chi connectivity index (χ3v) is 3.56. The molecule has 2 rings (SSSR count). The standard InChI is InChI=1S/C13H13F2N3OS/c1-8(13-16-4-5-17-13)18-12(19)7-20-9-2-3-10(14)11(15)6-9/h2-6,8H,7H2,1H3,(H,16,17)(H,18,19). The topological polar surface area (TPSA) is 57.8 Å². The van der Waals surface area contributed by atoms with Crippen LogP contribution >= 0.6 is 11.8 Å². The van der Waals surface area contributed by atoms with E-state index in [0.717, 1.165) is 23.9 Å². The maximum absolute atomic E-state index is 13.0. The van der Waals surface area contributed by atoms with Crippen LogP contribution in [0.2, 0.25) is 0 Å². The number of carbonyl (C=O) groups excluding carboxylic acids is 1. The van der Waals surface area contributed by atoms with Crippen LogP contribution in [0.15, 0.2) is 35.5 Å². The Hall–Kier alpha value is -1.89. The van der Waals surface area contributed by atoms with Gasteiger partial charge < -0.3 is 10.3 Å². The number of aromatic amines is 1. The first-order valence-corrected chi connectivity index (χ1v) is 6.91. The van der Waals surface area contributed by atoms with Crippen LogP contribution in [0.1, 0.15) is 18.8 Å². The van der Waals surface area contributed by atoms with Crippen molar-refractivity contribution in [2.75, 3.05) is 5.75 Å². The summed E-state index contributed by atoms with van der Waals surface area (Å²) in [4.78, 5) is 19.2. The van der Waals surface area contributed by atoms with Crippen LogP contribution in [0, 0.1) is 11.6 Å². The van der Waals surface area contributed by atoms with Crippen LogP contribution in [-0.4, -0.2) is 21.6 Å². The number of thioether (sulfide) groups is 1. The van der Waals surface area contributed by atoms with Gasteiger partial charge in [-0.25, -0.2) is 13.8 Å². The molecule has 1 amide bonds. The predicted octanol–water partition coefficient (Wildman–Crippen LogP) is 2.66. The van der Waals surface area contributed by atoms with Gasteiger partial charge >= 0.3 is 0 Å². The molecule has 106 valence electrons. The molecule has 0 saturated carbocycles. The third-order valence-electron chi connectivity index (χ3n) is 2.57. The molecule has 1 aromatic carbocycles. The van der Waals surface area contributed by atoms with Gasteiger partial charge in [-0.05, 0) is 25.1 Å². The van der Waals surface area contributed by atoms with E-state index in [-0.39, 0.29) is 17.7 Å². The molecule has 20 heavy (non-hydrogen) atoms. The second-order valence-corrected chi connectivity index (χ2v) is 5.18. The monoisotopic (exact) mass is 297 g/mol. The summed E-state index contributed by atoms with van der Waals surface area (Å²) in [6.45, 7) is 1.80. The SMILES string of the molecule is CC(NC(=O)CSc1ccc(F)c(F)c1)c1ncc[nH]1.